The van der Waals surface area contributed by atoms with Crippen molar-refractivity contribution in [3.63, 3.8) is 0 Å². The lowest BCUT2D eigenvalue weighted by Gasteiger charge is -2.26. The molecule has 2 aromatic carbocycles. The van der Waals surface area contributed by atoms with Crippen LogP contribution in [0.25, 0.3) is 0 Å². The molecule has 0 unspecified atom stereocenters. The van der Waals surface area contributed by atoms with Gasteiger partial charge in [-0.15, -0.1) is 0 Å². The number of amides is 1. The molecule has 6 nitrogen and oxygen atoms in total. The van der Waals surface area contributed by atoms with E-state index in [1.165, 1.54) is 0 Å². The third kappa shape index (κ3) is 4.50. The monoisotopic (exact) mass is 380 g/mol. The maximum atomic E-state index is 12.3. The smallest absolute Gasteiger partial charge is 0.253 e. The van der Waals surface area contributed by atoms with Gasteiger partial charge in [0.2, 0.25) is 10.0 Å². The van der Waals surface area contributed by atoms with Gasteiger partial charge in [-0.1, -0.05) is 29.8 Å². The first kappa shape index (κ1) is 17.7. The average Bonchev–Trinajstić information content (AvgIpc) is 2.58. The minimum Gasteiger partial charge on any atom is -0.370 e. The minimum atomic E-state index is -3.59. The molecule has 8 heteroatoms. The van der Waals surface area contributed by atoms with Crippen LogP contribution in [-0.2, 0) is 25.3 Å². The van der Waals surface area contributed by atoms with Crippen molar-refractivity contribution in [2.45, 2.75) is 5.75 Å². The van der Waals surface area contributed by atoms with Gasteiger partial charge in [0.1, 0.15) is 6.61 Å². The Kier molecular flexibility index (Phi) is 5.27. The molecular weight excluding hydrogens is 364 g/mol. The standard InChI is InChI=1S/C17H17ClN2O4S/c18-16-4-2-1-3-13(16)12-25(22,23)19-14-5-7-15(8-6-14)20-9-10-24-11-17(20)21/h1-8,19H,9-12H2. The molecule has 1 aliphatic heterocycles. The van der Waals surface area contributed by atoms with Crippen molar-refractivity contribution in [2.24, 2.45) is 0 Å². The molecule has 2 aromatic rings. The predicted molar refractivity (Wildman–Crippen MR) is 97.3 cm³/mol. The highest BCUT2D eigenvalue weighted by atomic mass is 35.5. The summed E-state index contributed by atoms with van der Waals surface area (Å²) >= 11 is 6.01. The van der Waals surface area contributed by atoms with E-state index in [2.05, 4.69) is 4.72 Å². The number of anilines is 2. The molecule has 0 bridgehead atoms. The van der Waals surface area contributed by atoms with Crippen molar-refractivity contribution >= 4 is 38.9 Å². The average molecular weight is 381 g/mol. The van der Waals surface area contributed by atoms with E-state index in [1.807, 2.05) is 0 Å². The van der Waals surface area contributed by atoms with Crippen LogP contribution in [0.4, 0.5) is 11.4 Å². The summed E-state index contributed by atoms with van der Waals surface area (Å²) in [5.41, 5.74) is 1.67. The largest absolute Gasteiger partial charge is 0.370 e. The normalized spacial score (nSPS) is 15.2. The molecule has 1 N–H and O–H groups in total. The van der Waals surface area contributed by atoms with Crippen LogP contribution < -0.4 is 9.62 Å². The van der Waals surface area contributed by atoms with Crippen molar-refractivity contribution in [1.29, 1.82) is 0 Å². The zero-order valence-corrected chi connectivity index (χ0v) is 14.9. The van der Waals surface area contributed by atoms with Crippen LogP contribution in [0.2, 0.25) is 5.02 Å². The summed E-state index contributed by atoms with van der Waals surface area (Å²) in [6.07, 6.45) is 0. The van der Waals surface area contributed by atoms with Crippen LogP contribution in [0.15, 0.2) is 48.5 Å². The molecule has 0 saturated carbocycles. The molecular formula is C17H17ClN2O4S. The van der Waals surface area contributed by atoms with E-state index in [-0.39, 0.29) is 18.3 Å². The zero-order chi connectivity index (χ0) is 17.9. The maximum absolute atomic E-state index is 12.3. The number of carbonyl (C=O) groups excluding carboxylic acids is 1. The number of sulfonamides is 1. The van der Waals surface area contributed by atoms with E-state index >= 15 is 0 Å². The lowest BCUT2D eigenvalue weighted by atomic mass is 10.2. The van der Waals surface area contributed by atoms with Crippen LogP contribution in [0.3, 0.4) is 0 Å². The molecule has 0 atom stereocenters. The number of carbonyl (C=O) groups is 1. The lowest BCUT2D eigenvalue weighted by Crippen LogP contribution is -2.41. The van der Waals surface area contributed by atoms with E-state index in [9.17, 15) is 13.2 Å². The van der Waals surface area contributed by atoms with Gasteiger partial charge in [0.25, 0.3) is 5.91 Å². The molecule has 1 saturated heterocycles. The lowest BCUT2D eigenvalue weighted by molar-refractivity contribution is -0.125. The van der Waals surface area contributed by atoms with Crippen molar-refractivity contribution in [2.75, 3.05) is 29.4 Å². The van der Waals surface area contributed by atoms with Gasteiger partial charge in [-0.05, 0) is 35.9 Å². The van der Waals surface area contributed by atoms with Gasteiger partial charge in [0, 0.05) is 22.9 Å². The fourth-order valence-electron chi connectivity index (χ4n) is 2.54. The fraction of sp³-hybridized carbons (Fsp3) is 0.235. The summed E-state index contributed by atoms with van der Waals surface area (Å²) in [5.74, 6) is -0.325. The Labute approximate surface area is 151 Å². The summed E-state index contributed by atoms with van der Waals surface area (Å²) < 4.78 is 32.2. The highest BCUT2D eigenvalue weighted by Crippen LogP contribution is 2.22. The number of benzene rings is 2. The summed E-state index contributed by atoms with van der Waals surface area (Å²) in [7, 11) is -3.59. The second-order valence-electron chi connectivity index (χ2n) is 5.60. The molecule has 1 heterocycles. The molecule has 0 aliphatic carbocycles. The van der Waals surface area contributed by atoms with Crippen LogP contribution in [-0.4, -0.2) is 34.1 Å². The number of nitrogens with zero attached hydrogens (tertiary/aromatic N) is 1. The third-order valence-corrected chi connectivity index (χ3v) is 5.35. The first-order valence-corrected chi connectivity index (χ1v) is 9.70. The number of hydrogen-bond acceptors (Lipinski definition) is 4. The van der Waals surface area contributed by atoms with Gasteiger partial charge in [0.05, 0.1) is 12.4 Å². The van der Waals surface area contributed by atoms with Crippen molar-refractivity contribution in [1.82, 2.24) is 0 Å². The quantitative estimate of drug-likeness (QED) is 0.865. The Morgan fingerprint density at radius 3 is 2.52 bits per heavy atom. The molecule has 0 radical (unpaired) electrons. The first-order chi connectivity index (χ1) is 11.9. The molecule has 3 rings (SSSR count). The van der Waals surface area contributed by atoms with E-state index in [4.69, 9.17) is 16.3 Å². The van der Waals surface area contributed by atoms with Gasteiger partial charge in [0.15, 0.2) is 0 Å². The van der Waals surface area contributed by atoms with E-state index in [0.717, 1.165) is 0 Å². The van der Waals surface area contributed by atoms with Crippen molar-refractivity contribution in [3.05, 3.63) is 59.1 Å². The second-order valence-corrected chi connectivity index (χ2v) is 7.73. The van der Waals surface area contributed by atoms with Gasteiger partial charge in [-0.3, -0.25) is 9.52 Å². The second kappa shape index (κ2) is 7.43. The number of hydrogen-bond donors (Lipinski definition) is 1. The number of nitrogens with one attached hydrogen (secondary N) is 1. The van der Waals surface area contributed by atoms with Crippen LogP contribution in [0.5, 0.6) is 0 Å². The van der Waals surface area contributed by atoms with E-state index < -0.39 is 10.0 Å². The highest BCUT2D eigenvalue weighted by molar-refractivity contribution is 7.91. The molecule has 1 aliphatic rings. The van der Waals surface area contributed by atoms with E-state index in [1.54, 1.807) is 53.4 Å². The molecule has 25 heavy (non-hydrogen) atoms. The molecule has 132 valence electrons. The van der Waals surface area contributed by atoms with E-state index in [0.29, 0.717) is 35.1 Å². The summed E-state index contributed by atoms with van der Waals surface area (Å²) in [4.78, 5) is 13.4. The number of halogens is 1. The number of rotatable bonds is 5. The molecule has 1 amide bonds. The maximum Gasteiger partial charge on any atom is 0.253 e. The van der Waals surface area contributed by atoms with Gasteiger partial charge in [-0.2, -0.15) is 0 Å². The van der Waals surface area contributed by atoms with Crippen molar-refractivity contribution < 1.29 is 17.9 Å². The Hall–Kier alpha value is -2.09. The molecule has 0 aromatic heterocycles. The Morgan fingerprint density at radius 2 is 1.84 bits per heavy atom. The highest BCUT2D eigenvalue weighted by Gasteiger charge is 2.20. The van der Waals surface area contributed by atoms with Gasteiger partial charge in [-0.25, -0.2) is 8.42 Å². The topological polar surface area (TPSA) is 75.7 Å². The van der Waals surface area contributed by atoms with Crippen LogP contribution >= 0.6 is 11.6 Å². The first-order valence-electron chi connectivity index (χ1n) is 7.67. The van der Waals surface area contributed by atoms with Crippen molar-refractivity contribution in [3.8, 4) is 0 Å². The third-order valence-electron chi connectivity index (χ3n) is 3.74. The summed E-state index contributed by atoms with van der Waals surface area (Å²) in [6, 6.07) is 13.5. The fourth-order valence-corrected chi connectivity index (χ4v) is 4.05. The van der Waals surface area contributed by atoms with Gasteiger partial charge < -0.3 is 9.64 Å². The molecule has 0 spiro atoms. The SMILES string of the molecule is O=C1COCCN1c1ccc(NS(=O)(=O)Cc2ccccc2Cl)cc1. The predicted octanol–water partition coefficient (Wildman–Crippen LogP) is 2.65. The molecule has 1 fully saturated rings. The summed E-state index contributed by atoms with van der Waals surface area (Å²) in [6.45, 7) is 1.03. The summed E-state index contributed by atoms with van der Waals surface area (Å²) in [5, 5.41) is 0.411. The zero-order valence-electron chi connectivity index (χ0n) is 13.3. The Balaban J connectivity index is 1.70. The van der Waals surface area contributed by atoms with Crippen LogP contribution in [0.1, 0.15) is 5.56 Å². The Bertz CT molecular complexity index is 868. The van der Waals surface area contributed by atoms with Crippen LogP contribution in [0, 0.1) is 0 Å². The number of morpholine rings is 1. The Morgan fingerprint density at radius 1 is 1.12 bits per heavy atom. The minimum absolute atomic E-state index is 0.0617. The number of ether oxygens (including phenoxy) is 1. The van der Waals surface area contributed by atoms with Gasteiger partial charge >= 0.3 is 0 Å².